The average Bonchev–Trinajstić information content (AvgIpc) is 2.94. The molecule has 1 aliphatic rings. The van der Waals surface area contributed by atoms with Crippen LogP contribution >= 0.6 is 11.8 Å². The van der Waals surface area contributed by atoms with Gasteiger partial charge in [0.2, 0.25) is 5.91 Å². The summed E-state index contributed by atoms with van der Waals surface area (Å²) in [5.41, 5.74) is 2.66. The number of H-pyrrole nitrogens is 1. The summed E-state index contributed by atoms with van der Waals surface area (Å²) in [4.78, 5) is 14.1. The van der Waals surface area contributed by atoms with Crippen LogP contribution in [0.25, 0.3) is 11.3 Å². The first-order valence-corrected chi connectivity index (χ1v) is 8.91. The van der Waals surface area contributed by atoms with Crippen molar-refractivity contribution in [3.05, 3.63) is 41.1 Å². The van der Waals surface area contributed by atoms with E-state index in [1.807, 2.05) is 0 Å². The Kier molecular flexibility index (Phi) is 4.89. The second-order valence-corrected chi connectivity index (χ2v) is 7.68. The summed E-state index contributed by atoms with van der Waals surface area (Å²) in [6, 6.07) is 3.35. The topological polar surface area (TPSA) is 49.0 Å². The number of fused-ring (bicyclic) bond motifs is 1. The summed E-state index contributed by atoms with van der Waals surface area (Å²) in [5.74, 6) is -0.760. The molecule has 0 fully saturated rings. The third-order valence-corrected chi connectivity index (χ3v) is 5.04. The van der Waals surface area contributed by atoms with Crippen molar-refractivity contribution in [3.63, 3.8) is 0 Å². The van der Waals surface area contributed by atoms with E-state index in [-0.39, 0.29) is 5.91 Å². The number of carbonyl (C=O) groups excluding carboxylic acids is 1. The lowest BCUT2D eigenvalue weighted by atomic mass is 10.0. The fourth-order valence-electron chi connectivity index (χ4n) is 2.77. The highest BCUT2D eigenvalue weighted by molar-refractivity contribution is 8.00. The number of nitrogens with one attached hydrogen (secondary N) is 1. The Morgan fingerprint density at radius 3 is 2.71 bits per heavy atom. The van der Waals surface area contributed by atoms with Gasteiger partial charge < -0.3 is 4.90 Å². The van der Waals surface area contributed by atoms with E-state index >= 15 is 0 Å². The lowest BCUT2D eigenvalue weighted by molar-refractivity contribution is -0.129. The van der Waals surface area contributed by atoms with Gasteiger partial charge in [0.25, 0.3) is 0 Å². The van der Waals surface area contributed by atoms with Gasteiger partial charge in [-0.2, -0.15) is 5.10 Å². The highest BCUT2D eigenvalue weighted by Gasteiger charge is 2.26. The number of carbonyl (C=O) groups is 1. The summed E-state index contributed by atoms with van der Waals surface area (Å²) in [6.07, 6.45) is 0.665. The van der Waals surface area contributed by atoms with E-state index in [2.05, 4.69) is 24.0 Å². The number of nitrogens with zero attached hydrogens (tertiary/aromatic N) is 2. The molecule has 128 valence electrons. The molecule has 0 atom stereocenters. The van der Waals surface area contributed by atoms with Crippen LogP contribution in [-0.4, -0.2) is 38.6 Å². The third kappa shape index (κ3) is 3.61. The Morgan fingerprint density at radius 2 is 2.04 bits per heavy atom. The first-order valence-electron chi connectivity index (χ1n) is 7.86. The maximum atomic E-state index is 13.5. The van der Waals surface area contributed by atoms with Gasteiger partial charge in [-0.3, -0.25) is 9.89 Å². The zero-order chi connectivity index (χ0) is 17.3. The lowest BCUT2D eigenvalue weighted by Crippen LogP contribution is -2.37. The molecule has 0 saturated carbocycles. The van der Waals surface area contributed by atoms with Crippen LogP contribution in [-0.2, 0) is 17.8 Å². The molecule has 1 N–H and O–H groups in total. The zero-order valence-electron chi connectivity index (χ0n) is 13.6. The predicted molar refractivity (Wildman–Crippen MR) is 90.7 cm³/mol. The fourth-order valence-corrected chi connectivity index (χ4v) is 3.42. The summed E-state index contributed by atoms with van der Waals surface area (Å²) >= 11 is 1.61. The standard InChI is InChI=1S/C17H19F2N3OS/c1-10(2)24-9-16(23)22-4-3-15-14(8-22)17(21-20-15)11-5-12(18)7-13(19)6-11/h5-7,10H,3-4,8-9H2,1-2H3,(H,20,21). The van der Waals surface area contributed by atoms with Crippen molar-refractivity contribution in [2.45, 2.75) is 32.1 Å². The number of rotatable bonds is 4. The van der Waals surface area contributed by atoms with Crippen LogP contribution in [0.2, 0.25) is 0 Å². The number of amides is 1. The average molecular weight is 351 g/mol. The van der Waals surface area contributed by atoms with E-state index in [4.69, 9.17) is 0 Å². The van der Waals surface area contributed by atoms with Gasteiger partial charge in [-0.1, -0.05) is 13.8 Å². The smallest absolute Gasteiger partial charge is 0.232 e. The number of benzene rings is 1. The van der Waals surface area contributed by atoms with Crippen molar-refractivity contribution < 1.29 is 13.6 Å². The molecule has 0 spiro atoms. The van der Waals surface area contributed by atoms with Gasteiger partial charge in [-0.05, 0) is 17.4 Å². The van der Waals surface area contributed by atoms with Gasteiger partial charge >= 0.3 is 0 Å². The quantitative estimate of drug-likeness (QED) is 0.919. The monoisotopic (exact) mass is 351 g/mol. The van der Waals surface area contributed by atoms with E-state index in [1.54, 1.807) is 16.7 Å². The van der Waals surface area contributed by atoms with Crippen molar-refractivity contribution in [2.24, 2.45) is 0 Å². The van der Waals surface area contributed by atoms with Crippen molar-refractivity contribution in [1.29, 1.82) is 0 Å². The van der Waals surface area contributed by atoms with E-state index < -0.39 is 11.6 Å². The van der Waals surface area contributed by atoms with E-state index in [0.29, 0.717) is 41.8 Å². The molecule has 0 saturated heterocycles. The zero-order valence-corrected chi connectivity index (χ0v) is 14.4. The number of hydrogen-bond donors (Lipinski definition) is 1. The first kappa shape index (κ1) is 17.0. The van der Waals surface area contributed by atoms with Crippen LogP contribution in [0.5, 0.6) is 0 Å². The number of thioether (sulfide) groups is 1. The van der Waals surface area contributed by atoms with Gasteiger partial charge in [0.1, 0.15) is 11.6 Å². The van der Waals surface area contributed by atoms with Crippen LogP contribution in [0.4, 0.5) is 8.78 Å². The van der Waals surface area contributed by atoms with Gasteiger partial charge in [-0.25, -0.2) is 8.78 Å². The third-order valence-electron chi connectivity index (χ3n) is 3.96. The van der Waals surface area contributed by atoms with Gasteiger partial charge in [0, 0.05) is 42.4 Å². The molecule has 0 unspecified atom stereocenters. The number of aromatic amines is 1. The largest absolute Gasteiger partial charge is 0.337 e. The Morgan fingerprint density at radius 1 is 1.33 bits per heavy atom. The van der Waals surface area contributed by atoms with Crippen molar-refractivity contribution in [1.82, 2.24) is 15.1 Å². The van der Waals surface area contributed by atoms with Gasteiger partial charge in [0.15, 0.2) is 0 Å². The molecule has 0 bridgehead atoms. The normalized spacial score (nSPS) is 14.1. The molecule has 4 nitrogen and oxygen atoms in total. The lowest BCUT2D eigenvalue weighted by Gasteiger charge is -2.27. The van der Waals surface area contributed by atoms with Crippen LogP contribution in [0.1, 0.15) is 25.1 Å². The predicted octanol–water partition coefficient (Wildman–Crippen LogP) is 3.38. The summed E-state index contributed by atoms with van der Waals surface area (Å²) < 4.78 is 27.0. The molecule has 2 aromatic rings. The Labute approximate surface area is 143 Å². The molecule has 1 aromatic heterocycles. The summed E-state index contributed by atoms with van der Waals surface area (Å²) in [6.45, 7) is 5.15. The van der Waals surface area contributed by atoms with Crippen LogP contribution in [0, 0.1) is 11.6 Å². The minimum Gasteiger partial charge on any atom is -0.337 e. The Bertz CT molecular complexity index is 740. The van der Waals surface area contributed by atoms with E-state index in [0.717, 1.165) is 17.3 Å². The first-order chi connectivity index (χ1) is 11.4. The molecular formula is C17H19F2N3OS. The minimum atomic E-state index is -0.640. The highest BCUT2D eigenvalue weighted by Crippen LogP contribution is 2.29. The molecule has 0 aliphatic carbocycles. The maximum absolute atomic E-state index is 13.5. The molecular weight excluding hydrogens is 332 g/mol. The molecule has 24 heavy (non-hydrogen) atoms. The maximum Gasteiger partial charge on any atom is 0.232 e. The van der Waals surface area contributed by atoms with E-state index in [9.17, 15) is 13.6 Å². The molecule has 7 heteroatoms. The Balaban J connectivity index is 1.83. The minimum absolute atomic E-state index is 0.0805. The second kappa shape index (κ2) is 6.93. The van der Waals surface area contributed by atoms with Crippen LogP contribution in [0.15, 0.2) is 18.2 Å². The highest BCUT2D eigenvalue weighted by atomic mass is 32.2. The molecule has 3 rings (SSSR count). The van der Waals surface area contributed by atoms with Gasteiger partial charge in [0.05, 0.1) is 11.4 Å². The van der Waals surface area contributed by atoms with Crippen LogP contribution in [0.3, 0.4) is 0 Å². The SMILES string of the molecule is CC(C)SCC(=O)N1CCc2[nH]nc(-c3cc(F)cc(F)c3)c2C1. The number of aromatic nitrogens is 2. The number of hydrogen-bond acceptors (Lipinski definition) is 3. The molecule has 1 aliphatic heterocycles. The van der Waals surface area contributed by atoms with Gasteiger partial charge in [-0.15, -0.1) is 11.8 Å². The van der Waals surface area contributed by atoms with Crippen molar-refractivity contribution in [3.8, 4) is 11.3 Å². The van der Waals surface area contributed by atoms with Crippen molar-refractivity contribution >= 4 is 17.7 Å². The summed E-state index contributed by atoms with van der Waals surface area (Å²) in [5, 5.41) is 7.55. The molecule has 0 radical (unpaired) electrons. The second-order valence-electron chi connectivity index (χ2n) is 6.11. The summed E-state index contributed by atoms with van der Waals surface area (Å²) in [7, 11) is 0. The number of halogens is 2. The fraction of sp³-hybridized carbons (Fsp3) is 0.412. The molecule has 1 aromatic carbocycles. The Hall–Kier alpha value is -1.89. The van der Waals surface area contributed by atoms with Crippen molar-refractivity contribution in [2.75, 3.05) is 12.3 Å². The molecule has 1 amide bonds. The van der Waals surface area contributed by atoms with E-state index in [1.165, 1.54) is 12.1 Å². The van der Waals surface area contributed by atoms with Crippen LogP contribution < -0.4 is 0 Å². The molecule has 2 heterocycles.